The fourth-order valence-electron chi connectivity index (χ4n) is 1.55. The summed E-state index contributed by atoms with van der Waals surface area (Å²) in [5.41, 5.74) is 4.95. The highest BCUT2D eigenvalue weighted by Gasteiger charge is 2.01. The van der Waals surface area contributed by atoms with Gasteiger partial charge in [-0.3, -0.25) is 4.79 Å². The van der Waals surface area contributed by atoms with E-state index in [0.717, 1.165) is 10.6 Å². The van der Waals surface area contributed by atoms with E-state index in [9.17, 15) is 4.79 Å². The quantitative estimate of drug-likeness (QED) is 0.656. The molecule has 0 saturated heterocycles. The molecule has 0 fully saturated rings. The molecule has 1 N–H and O–H groups in total. The van der Waals surface area contributed by atoms with Crippen molar-refractivity contribution in [2.24, 2.45) is 5.10 Å². The zero-order chi connectivity index (χ0) is 14.2. The Hall–Kier alpha value is -1.59. The summed E-state index contributed by atoms with van der Waals surface area (Å²) in [6.45, 7) is 2.02. The monoisotopic (exact) mass is 304 g/mol. The van der Waals surface area contributed by atoms with Gasteiger partial charge < -0.3 is 0 Å². The Labute approximate surface area is 127 Å². The fraction of sp³-hybridized carbons (Fsp3) is 0.200. The van der Waals surface area contributed by atoms with Crippen LogP contribution in [0, 0.1) is 6.92 Å². The van der Waals surface area contributed by atoms with E-state index in [1.54, 1.807) is 29.3 Å². The molecule has 1 aromatic carbocycles. The molecule has 0 aliphatic heterocycles. The number of hydrazone groups is 1. The van der Waals surface area contributed by atoms with Gasteiger partial charge in [-0.15, -0.1) is 23.1 Å². The highest BCUT2D eigenvalue weighted by Crippen LogP contribution is 2.12. The normalized spacial score (nSPS) is 10.8. The fourth-order valence-corrected chi connectivity index (χ4v) is 3.11. The predicted octanol–water partition coefficient (Wildman–Crippen LogP) is 3.44. The Morgan fingerprint density at radius 3 is 2.85 bits per heavy atom. The predicted molar refractivity (Wildman–Crippen MR) is 87.4 cm³/mol. The lowest BCUT2D eigenvalue weighted by atomic mass is 10.2. The van der Waals surface area contributed by atoms with E-state index in [2.05, 4.69) is 22.7 Å². The van der Waals surface area contributed by atoms with Crippen LogP contribution < -0.4 is 5.43 Å². The maximum absolute atomic E-state index is 11.6. The first-order chi connectivity index (χ1) is 9.75. The molecule has 2 rings (SSSR count). The third-order valence-electron chi connectivity index (χ3n) is 2.62. The van der Waals surface area contributed by atoms with Gasteiger partial charge in [-0.25, -0.2) is 5.43 Å². The standard InChI is InChI=1S/C15H16N2OS2/c1-12-7-8-20-14(12)9-16-17-15(18)11-19-10-13-5-3-2-4-6-13/h2-9H,10-11H2,1H3,(H,17,18)/b16-9-. The second-order valence-electron chi connectivity index (χ2n) is 4.24. The number of aryl methyl sites for hydroxylation is 1. The largest absolute Gasteiger partial charge is 0.272 e. The van der Waals surface area contributed by atoms with Gasteiger partial charge in [-0.1, -0.05) is 30.3 Å². The van der Waals surface area contributed by atoms with Crippen molar-refractivity contribution in [1.29, 1.82) is 0 Å². The molecule has 1 aromatic heterocycles. The number of nitrogens with one attached hydrogen (secondary N) is 1. The van der Waals surface area contributed by atoms with Crippen molar-refractivity contribution in [3.05, 3.63) is 57.8 Å². The summed E-state index contributed by atoms with van der Waals surface area (Å²) < 4.78 is 0. The van der Waals surface area contributed by atoms with Crippen LogP contribution in [0.2, 0.25) is 0 Å². The van der Waals surface area contributed by atoms with Crippen LogP contribution in [0.4, 0.5) is 0 Å². The molecule has 0 bridgehead atoms. The molecule has 2 aromatic rings. The van der Waals surface area contributed by atoms with Gasteiger partial charge in [0.2, 0.25) is 5.91 Å². The minimum absolute atomic E-state index is 0.0728. The zero-order valence-corrected chi connectivity index (χ0v) is 12.8. The van der Waals surface area contributed by atoms with Crippen LogP contribution in [-0.2, 0) is 10.5 Å². The average Bonchev–Trinajstić information content (AvgIpc) is 2.86. The van der Waals surface area contributed by atoms with Crippen molar-refractivity contribution in [2.75, 3.05) is 5.75 Å². The first-order valence-corrected chi connectivity index (χ1v) is 8.27. The van der Waals surface area contributed by atoms with Crippen molar-refractivity contribution in [3.8, 4) is 0 Å². The molecule has 0 saturated carbocycles. The Morgan fingerprint density at radius 2 is 2.15 bits per heavy atom. The van der Waals surface area contributed by atoms with Crippen molar-refractivity contribution < 1.29 is 4.79 Å². The molecule has 5 heteroatoms. The smallest absolute Gasteiger partial charge is 0.250 e. The maximum Gasteiger partial charge on any atom is 0.250 e. The molecule has 0 radical (unpaired) electrons. The maximum atomic E-state index is 11.6. The van der Waals surface area contributed by atoms with Crippen LogP contribution in [0.15, 0.2) is 46.9 Å². The molecular formula is C15H16N2OS2. The molecule has 1 amide bonds. The van der Waals surface area contributed by atoms with Gasteiger partial charge in [0, 0.05) is 10.6 Å². The lowest BCUT2D eigenvalue weighted by Gasteiger charge is -2.01. The summed E-state index contributed by atoms with van der Waals surface area (Å²) in [5.74, 6) is 1.17. The summed E-state index contributed by atoms with van der Waals surface area (Å²) in [6, 6.07) is 12.1. The van der Waals surface area contributed by atoms with Gasteiger partial charge >= 0.3 is 0 Å². The molecular weight excluding hydrogens is 288 g/mol. The molecule has 0 spiro atoms. The van der Waals surface area contributed by atoms with Crippen molar-refractivity contribution >= 4 is 35.2 Å². The topological polar surface area (TPSA) is 41.5 Å². The summed E-state index contributed by atoms with van der Waals surface area (Å²) in [6.07, 6.45) is 1.69. The zero-order valence-electron chi connectivity index (χ0n) is 11.2. The molecule has 20 heavy (non-hydrogen) atoms. The number of carbonyl (C=O) groups is 1. The van der Waals surface area contributed by atoms with Gasteiger partial charge in [-0.05, 0) is 29.5 Å². The van der Waals surface area contributed by atoms with Crippen molar-refractivity contribution in [3.63, 3.8) is 0 Å². The highest BCUT2D eigenvalue weighted by molar-refractivity contribution is 7.99. The van der Waals surface area contributed by atoms with Gasteiger partial charge in [0.25, 0.3) is 0 Å². The SMILES string of the molecule is Cc1ccsc1/C=N\NC(=O)CSCc1ccccc1. The van der Waals surface area contributed by atoms with Gasteiger partial charge in [0.05, 0.1) is 12.0 Å². The van der Waals surface area contributed by atoms with E-state index in [4.69, 9.17) is 0 Å². The third-order valence-corrected chi connectivity index (χ3v) is 4.57. The Kier molecular flexibility index (Phi) is 5.83. The van der Waals surface area contributed by atoms with E-state index in [0.29, 0.717) is 5.75 Å². The molecule has 1 heterocycles. The third kappa shape index (κ3) is 4.83. The van der Waals surface area contributed by atoms with Gasteiger partial charge in [0.15, 0.2) is 0 Å². The number of hydrogen-bond acceptors (Lipinski definition) is 4. The highest BCUT2D eigenvalue weighted by atomic mass is 32.2. The average molecular weight is 304 g/mol. The van der Waals surface area contributed by atoms with Crippen LogP contribution in [0.3, 0.4) is 0 Å². The van der Waals surface area contributed by atoms with Crippen LogP contribution in [0.5, 0.6) is 0 Å². The summed E-state index contributed by atoms with van der Waals surface area (Å²) in [7, 11) is 0. The minimum Gasteiger partial charge on any atom is -0.272 e. The number of benzene rings is 1. The minimum atomic E-state index is -0.0728. The van der Waals surface area contributed by atoms with Gasteiger partial charge in [0.1, 0.15) is 0 Å². The van der Waals surface area contributed by atoms with Crippen LogP contribution >= 0.6 is 23.1 Å². The Balaban J connectivity index is 1.68. The van der Waals surface area contributed by atoms with E-state index in [1.165, 1.54) is 11.1 Å². The lowest BCUT2D eigenvalue weighted by Crippen LogP contribution is -2.19. The number of nitrogens with zero attached hydrogens (tertiary/aromatic N) is 1. The molecule has 3 nitrogen and oxygen atoms in total. The van der Waals surface area contributed by atoms with Gasteiger partial charge in [-0.2, -0.15) is 5.10 Å². The first-order valence-electron chi connectivity index (χ1n) is 6.23. The number of carbonyl (C=O) groups excluding carboxylic acids is 1. The van der Waals surface area contributed by atoms with Crippen LogP contribution in [0.1, 0.15) is 16.0 Å². The molecule has 0 unspecified atom stereocenters. The Bertz CT molecular complexity index is 579. The van der Waals surface area contributed by atoms with Crippen molar-refractivity contribution in [1.82, 2.24) is 5.43 Å². The number of amides is 1. The molecule has 0 aliphatic rings. The lowest BCUT2D eigenvalue weighted by molar-refractivity contribution is -0.118. The van der Waals surface area contributed by atoms with E-state index < -0.39 is 0 Å². The number of rotatable bonds is 6. The number of hydrogen-bond donors (Lipinski definition) is 1. The molecule has 104 valence electrons. The first kappa shape index (κ1) is 14.8. The number of thioether (sulfide) groups is 1. The van der Waals surface area contributed by atoms with E-state index in [-0.39, 0.29) is 5.91 Å². The summed E-state index contributed by atoms with van der Waals surface area (Å²) >= 11 is 3.19. The number of thiophene rings is 1. The molecule has 0 atom stereocenters. The van der Waals surface area contributed by atoms with Crippen LogP contribution in [0.25, 0.3) is 0 Å². The Morgan fingerprint density at radius 1 is 1.35 bits per heavy atom. The van der Waals surface area contributed by atoms with E-state index in [1.807, 2.05) is 36.6 Å². The van der Waals surface area contributed by atoms with E-state index >= 15 is 0 Å². The summed E-state index contributed by atoms with van der Waals surface area (Å²) in [5, 5.41) is 5.98. The summed E-state index contributed by atoms with van der Waals surface area (Å²) in [4.78, 5) is 12.7. The van der Waals surface area contributed by atoms with Crippen LogP contribution in [-0.4, -0.2) is 17.9 Å². The second-order valence-corrected chi connectivity index (χ2v) is 6.17. The molecule has 0 aliphatic carbocycles. The van der Waals surface area contributed by atoms with Crippen molar-refractivity contribution in [2.45, 2.75) is 12.7 Å². The second kappa shape index (κ2) is 7.87.